The van der Waals surface area contributed by atoms with Crippen LogP contribution in [-0.2, 0) is 14.8 Å². The van der Waals surface area contributed by atoms with Crippen molar-refractivity contribution in [1.29, 1.82) is 0 Å². The van der Waals surface area contributed by atoms with Crippen LogP contribution >= 0.6 is 0 Å². The number of aryl methyl sites for hydroxylation is 1. The summed E-state index contributed by atoms with van der Waals surface area (Å²) >= 11 is 0. The average Bonchev–Trinajstić information content (AvgIpc) is 3.08. The van der Waals surface area contributed by atoms with Crippen LogP contribution in [0.4, 0.5) is 5.69 Å². The maximum atomic E-state index is 12.8. The number of aromatic nitrogens is 1. The predicted octanol–water partition coefficient (Wildman–Crippen LogP) is 3.18. The van der Waals surface area contributed by atoms with E-state index in [0.717, 1.165) is 0 Å². The first-order chi connectivity index (χ1) is 13.4. The maximum absolute atomic E-state index is 12.8. The second-order valence-electron chi connectivity index (χ2n) is 6.92. The zero-order valence-corrected chi connectivity index (χ0v) is 16.3. The number of anilines is 1. The minimum Gasteiger partial charge on any atom is -0.441 e. The number of hydrogen-bond acceptors (Lipinski definition) is 5. The lowest BCUT2D eigenvalue weighted by molar-refractivity contribution is -0.120. The van der Waals surface area contributed by atoms with E-state index in [1.54, 1.807) is 55.5 Å². The van der Waals surface area contributed by atoms with Gasteiger partial charge in [-0.3, -0.25) is 4.79 Å². The van der Waals surface area contributed by atoms with E-state index in [0.29, 0.717) is 42.1 Å². The molecule has 1 N–H and O–H groups in total. The van der Waals surface area contributed by atoms with Crippen molar-refractivity contribution in [3.8, 4) is 0 Å². The zero-order valence-electron chi connectivity index (χ0n) is 15.5. The monoisotopic (exact) mass is 399 g/mol. The molecule has 1 aliphatic rings. The quantitative estimate of drug-likeness (QED) is 0.727. The molecule has 1 atom stereocenters. The Hall–Kier alpha value is -2.71. The summed E-state index contributed by atoms with van der Waals surface area (Å²) in [6, 6.07) is 13.6. The van der Waals surface area contributed by atoms with E-state index in [1.807, 2.05) is 0 Å². The molecule has 0 unspecified atom stereocenters. The summed E-state index contributed by atoms with van der Waals surface area (Å²) in [5.41, 5.74) is 1.95. The lowest BCUT2D eigenvalue weighted by atomic mass is 9.98. The normalized spacial score (nSPS) is 18.2. The van der Waals surface area contributed by atoms with Gasteiger partial charge in [-0.25, -0.2) is 13.4 Å². The molecule has 28 heavy (non-hydrogen) atoms. The third-order valence-electron chi connectivity index (χ3n) is 4.90. The molecule has 0 aliphatic carbocycles. The first-order valence-electron chi connectivity index (χ1n) is 9.17. The van der Waals surface area contributed by atoms with Gasteiger partial charge < -0.3 is 9.73 Å². The van der Waals surface area contributed by atoms with Crippen LogP contribution < -0.4 is 5.32 Å². The number of amides is 1. The number of carbonyl (C=O) groups is 1. The molecule has 146 valence electrons. The van der Waals surface area contributed by atoms with Gasteiger partial charge in [-0.15, -0.1) is 0 Å². The van der Waals surface area contributed by atoms with Crippen LogP contribution in [0.3, 0.4) is 0 Å². The Kier molecular flexibility index (Phi) is 4.91. The molecule has 0 saturated carbocycles. The summed E-state index contributed by atoms with van der Waals surface area (Å²) in [7, 11) is -3.60. The topological polar surface area (TPSA) is 92.5 Å². The Morgan fingerprint density at radius 2 is 2.00 bits per heavy atom. The van der Waals surface area contributed by atoms with E-state index in [9.17, 15) is 13.2 Å². The molecule has 1 aromatic heterocycles. The summed E-state index contributed by atoms with van der Waals surface area (Å²) in [5.74, 6) is -0.0259. The summed E-state index contributed by atoms with van der Waals surface area (Å²) in [6.07, 6.45) is 1.30. The van der Waals surface area contributed by atoms with Crippen molar-refractivity contribution in [3.05, 3.63) is 54.4 Å². The Bertz CT molecular complexity index is 1110. The second kappa shape index (κ2) is 7.37. The van der Waals surface area contributed by atoms with Crippen molar-refractivity contribution in [2.75, 3.05) is 18.4 Å². The fourth-order valence-corrected chi connectivity index (χ4v) is 5.03. The molecule has 0 spiro atoms. The molecule has 1 aliphatic heterocycles. The third kappa shape index (κ3) is 3.65. The van der Waals surface area contributed by atoms with Crippen molar-refractivity contribution in [2.24, 2.45) is 5.92 Å². The number of benzene rings is 2. The van der Waals surface area contributed by atoms with E-state index >= 15 is 0 Å². The molecule has 2 aromatic carbocycles. The first kappa shape index (κ1) is 18.6. The number of carbonyl (C=O) groups excluding carboxylic acids is 1. The van der Waals surface area contributed by atoms with Gasteiger partial charge in [-0.1, -0.05) is 18.2 Å². The Balaban J connectivity index is 1.48. The number of rotatable bonds is 4. The SMILES string of the molecule is Cc1nc2cc(NC(=O)[C@H]3CCCN(S(=O)(=O)c4ccccc4)C3)ccc2o1. The first-order valence-corrected chi connectivity index (χ1v) is 10.6. The molecule has 0 bridgehead atoms. The van der Waals surface area contributed by atoms with Gasteiger partial charge in [-0.05, 0) is 43.2 Å². The van der Waals surface area contributed by atoms with Crippen LogP contribution in [0, 0.1) is 12.8 Å². The minimum atomic E-state index is -3.60. The molecule has 7 nitrogen and oxygen atoms in total. The number of sulfonamides is 1. The fourth-order valence-electron chi connectivity index (χ4n) is 3.48. The lowest BCUT2D eigenvalue weighted by Gasteiger charge is -2.31. The number of hydrogen-bond donors (Lipinski definition) is 1. The molecule has 1 fully saturated rings. The zero-order chi connectivity index (χ0) is 19.7. The molecule has 1 saturated heterocycles. The maximum Gasteiger partial charge on any atom is 0.243 e. The van der Waals surface area contributed by atoms with E-state index in [2.05, 4.69) is 10.3 Å². The Morgan fingerprint density at radius 3 is 2.79 bits per heavy atom. The van der Waals surface area contributed by atoms with E-state index in [4.69, 9.17) is 4.42 Å². The Labute approximate surface area is 163 Å². The van der Waals surface area contributed by atoms with Gasteiger partial charge in [0.2, 0.25) is 15.9 Å². The van der Waals surface area contributed by atoms with Crippen LogP contribution in [0.2, 0.25) is 0 Å². The van der Waals surface area contributed by atoms with Gasteiger partial charge >= 0.3 is 0 Å². The van der Waals surface area contributed by atoms with Crippen LogP contribution in [0.1, 0.15) is 18.7 Å². The fraction of sp³-hybridized carbons (Fsp3) is 0.300. The van der Waals surface area contributed by atoms with Gasteiger partial charge in [0.15, 0.2) is 11.5 Å². The van der Waals surface area contributed by atoms with Gasteiger partial charge in [0.25, 0.3) is 0 Å². The molecule has 3 aromatic rings. The number of piperidine rings is 1. The van der Waals surface area contributed by atoms with Crippen molar-refractivity contribution in [3.63, 3.8) is 0 Å². The molecular weight excluding hydrogens is 378 g/mol. The smallest absolute Gasteiger partial charge is 0.243 e. The van der Waals surface area contributed by atoms with Crippen LogP contribution in [0.15, 0.2) is 57.8 Å². The summed E-state index contributed by atoms with van der Waals surface area (Å²) in [4.78, 5) is 17.3. The largest absolute Gasteiger partial charge is 0.441 e. The standard InChI is InChI=1S/C20H21N3O4S/c1-14-21-18-12-16(9-10-19(18)27-14)22-20(24)15-6-5-11-23(13-15)28(25,26)17-7-3-2-4-8-17/h2-4,7-10,12,15H,5-6,11,13H2,1H3,(H,22,24)/t15-/m0/s1. The van der Waals surface area contributed by atoms with Crippen molar-refractivity contribution < 1.29 is 17.6 Å². The number of nitrogens with zero attached hydrogens (tertiary/aromatic N) is 2. The minimum absolute atomic E-state index is 0.175. The molecule has 4 rings (SSSR count). The molecule has 2 heterocycles. The number of oxazole rings is 1. The molecule has 8 heteroatoms. The van der Waals surface area contributed by atoms with Crippen molar-refractivity contribution >= 4 is 32.7 Å². The van der Waals surface area contributed by atoms with Gasteiger partial charge in [0, 0.05) is 25.7 Å². The highest BCUT2D eigenvalue weighted by atomic mass is 32.2. The summed E-state index contributed by atoms with van der Waals surface area (Å²) < 4.78 is 32.5. The van der Waals surface area contributed by atoms with Crippen LogP contribution in [0.25, 0.3) is 11.1 Å². The molecule has 0 radical (unpaired) electrons. The van der Waals surface area contributed by atoms with E-state index < -0.39 is 15.9 Å². The molecule has 1 amide bonds. The van der Waals surface area contributed by atoms with Crippen LogP contribution in [0.5, 0.6) is 0 Å². The number of fused-ring (bicyclic) bond motifs is 1. The third-order valence-corrected chi connectivity index (χ3v) is 6.78. The highest BCUT2D eigenvalue weighted by molar-refractivity contribution is 7.89. The van der Waals surface area contributed by atoms with Crippen molar-refractivity contribution in [2.45, 2.75) is 24.7 Å². The summed E-state index contributed by atoms with van der Waals surface area (Å²) in [5, 5.41) is 2.88. The van der Waals surface area contributed by atoms with E-state index in [-0.39, 0.29) is 17.3 Å². The highest BCUT2D eigenvalue weighted by Gasteiger charge is 2.33. The van der Waals surface area contributed by atoms with Gasteiger partial charge in [0.1, 0.15) is 5.52 Å². The van der Waals surface area contributed by atoms with Gasteiger partial charge in [0.05, 0.1) is 10.8 Å². The highest BCUT2D eigenvalue weighted by Crippen LogP contribution is 2.25. The lowest BCUT2D eigenvalue weighted by Crippen LogP contribution is -2.43. The Morgan fingerprint density at radius 1 is 1.21 bits per heavy atom. The van der Waals surface area contributed by atoms with E-state index in [1.165, 1.54) is 4.31 Å². The predicted molar refractivity (Wildman–Crippen MR) is 105 cm³/mol. The van der Waals surface area contributed by atoms with Crippen LogP contribution in [-0.4, -0.2) is 36.7 Å². The van der Waals surface area contributed by atoms with Gasteiger partial charge in [-0.2, -0.15) is 4.31 Å². The molecular formula is C20H21N3O4S. The second-order valence-corrected chi connectivity index (χ2v) is 8.86. The summed E-state index contributed by atoms with van der Waals surface area (Å²) in [6.45, 7) is 2.36. The van der Waals surface area contributed by atoms with Crippen molar-refractivity contribution in [1.82, 2.24) is 9.29 Å². The number of nitrogens with one attached hydrogen (secondary N) is 1. The average molecular weight is 399 g/mol.